The van der Waals surface area contributed by atoms with Gasteiger partial charge >= 0.3 is 0 Å². The van der Waals surface area contributed by atoms with Gasteiger partial charge in [0.2, 0.25) is 0 Å². The van der Waals surface area contributed by atoms with Gasteiger partial charge in [-0.1, -0.05) is 48.5 Å². The van der Waals surface area contributed by atoms with Crippen molar-refractivity contribution < 1.29 is 0 Å². The maximum absolute atomic E-state index is 4.93. The van der Waals surface area contributed by atoms with Gasteiger partial charge in [0, 0.05) is 24.2 Å². The zero-order valence-electron chi connectivity index (χ0n) is 13.8. The number of imidazole rings is 1. The lowest BCUT2D eigenvalue weighted by molar-refractivity contribution is 1.27. The fourth-order valence-corrected chi connectivity index (χ4v) is 4.10. The van der Waals surface area contributed by atoms with Gasteiger partial charge in [0.15, 0.2) is 10.8 Å². The van der Waals surface area contributed by atoms with Crippen LogP contribution in [-0.2, 0) is 0 Å². The van der Waals surface area contributed by atoms with E-state index in [0.717, 1.165) is 32.7 Å². The highest BCUT2D eigenvalue weighted by Gasteiger charge is 2.19. The zero-order chi connectivity index (χ0) is 17.3. The van der Waals surface area contributed by atoms with E-state index in [-0.39, 0.29) is 0 Å². The molecule has 1 N–H and O–H groups in total. The molecular formula is C21H14N4S. The summed E-state index contributed by atoms with van der Waals surface area (Å²) in [5, 5.41) is 3.24. The van der Waals surface area contributed by atoms with E-state index < -0.39 is 0 Å². The van der Waals surface area contributed by atoms with Crippen molar-refractivity contribution in [2.45, 2.75) is 0 Å². The average molecular weight is 354 g/mol. The molecule has 0 saturated heterocycles. The van der Waals surface area contributed by atoms with Crippen molar-refractivity contribution in [2.24, 2.45) is 0 Å². The molecule has 0 aliphatic rings. The van der Waals surface area contributed by atoms with Crippen LogP contribution in [0.5, 0.6) is 0 Å². The number of rotatable bonds is 3. The predicted octanol–water partition coefficient (Wildman–Crippen LogP) is 5.42. The van der Waals surface area contributed by atoms with E-state index in [1.54, 1.807) is 17.5 Å². The third kappa shape index (κ3) is 2.50. The summed E-state index contributed by atoms with van der Waals surface area (Å²) < 4.78 is 0. The van der Waals surface area contributed by atoms with E-state index in [1.165, 1.54) is 10.8 Å². The number of nitrogens with zero attached hydrogens (tertiary/aromatic N) is 3. The molecule has 5 aromatic rings. The number of hydrogen-bond donors (Lipinski definition) is 1. The minimum Gasteiger partial charge on any atom is -0.343 e. The Morgan fingerprint density at radius 1 is 0.808 bits per heavy atom. The summed E-state index contributed by atoms with van der Waals surface area (Å²) in [6, 6.07) is 20.6. The van der Waals surface area contributed by atoms with Gasteiger partial charge in [0.25, 0.3) is 0 Å². The Morgan fingerprint density at radius 3 is 2.54 bits per heavy atom. The molecule has 0 spiro atoms. The highest BCUT2D eigenvalue weighted by atomic mass is 32.1. The van der Waals surface area contributed by atoms with E-state index in [9.17, 15) is 0 Å². The summed E-state index contributed by atoms with van der Waals surface area (Å²) in [6.45, 7) is 0. The second kappa shape index (κ2) is 6.20. The number of fused-ring (bicyclic) bond motifs is 1. The monoisotopic (exact) mass is 354 g/mol. The van der Waals surface area contributed by atoms with Gasteiger partial charge in [-0.15, -0.1) is 11.3 Å². The van der Waals surface area contributed by atoms with Crippen LogP contribution in [0.25, 0.3) is 43.4 Å². The largest absolute Gasteiger partial charge is 0.343 e. The van der Waals surface area contributed by atoms with Gasteiger partial charge in [-0.25, -0.2) is 9.97 Å². The summed E-state index contributed by atoms with van der Waals surface area (Å²) in [6.07, 6.45) is 5.37. The van der Waals surface area contributed by atoms with Crippen LogP contribution in [0.4, 0.5) is 0 Å². The third-order valence-electron chi connectivity index (χ3n) is 4.27. The number of aromatic amines is 1. The Labute approximate surface area is 154 Å². The number of pyridine rings is 1. The highest BCUT2D eigenvalue weighted by molar-refractivity contribution is 7.18. The first-order valence-electron chi connectivity index (χ1n) is 8.30. The minimum atomic E-state index is 0.777. The minimum absolute atomic E-state index is 0.777. The summed E-state index contributed by atoms with van der Waals surface area (Å²) in [4.78, 5) is 18.0. The van der Waals surface area contributed by atoms with Crippen LogP contribution in [0, 0.1) is 0 Å². The van der Waals surface area contributed by atoms with Crippen LogP contribution in [0.2, 0.25) is 0 Å². The Bertz CT molecular complexity index is 1170. The third-order valence-corrected chi connectivity index (χ3v) is 5.35. The molecule has 0 bridgehead atoms. The number of aromatic nitrogens is 4. The number of thiazole rings is 1. The lowest BCUT2D eigenvalue weighted by Crippen LogP contribution is -1.86. The van der Waals surface area contributed by atoms with E-state index in [0.29, 0.717) is 0 Å². The summed E-state index contributed by atoms with van der Waals surface area (Å²) in [5.41, 5.74) is 2.97. The summed E-state index contributed by atoms with van der Waals surface area (Å²) in [5.74, 6) is 0.777. The van der Waals surface area contributed by atoms with Crippen LogP contribution < -0.4 is 0 Å². The smallest absolute Gasteiger partial charge is 0.166 e. The Balaban J connectivity index is 1.80. The summed E-state index contributed by atoms with van der Waals surface area (Å²) in [7, 11) is 0. The lowest BCUT2D eigenvalue weighted by atomic mass is 10.0. The second-order valence-corrected chi connectivity index (χ2v) is 6.88. The van der Waals surface area contributed by atoms with Crippen molar-refractivity contribution in [3.05, 3.63) is 79.3 Å². The highest BCUT2D eigenvalue weighted by Crippen LogP contribution is 2.41. The molecule has 0 unspecified atom stereocenters. The molecule has 26 heavy (non-hydrogen) atoms. The van der Waals surface area contributed by atoms with Crippen LogP contribution in [0.1, 0.15) is 0 Å². The van der Waals surface area contributed by atoms with E-state index in [4.69, 9.17) is 4.98 Å². The molecule has 0 saturated carbocycles. The van der Waals surface area contributed by atoms with Crippen molar-refractivity contribution in [1.82, 2.24) is 19.9 Å². The molecule has 2 aromatic carbocycles. The van der Waals surface area contributed by atoms with Gasteiger partial charge < -0.3 is 4.98 Å². The molecule has 124 valence electrons. The molecule has 3 aromatic heterocycles. The molecule has 0 aliphatic heterocycles. The normalized spacial score (nSPS) is 11.1. The van der Waals surface area contributed by atoms with Crippen molar-refractivity contribution >= 4 is 22.1 Å². The van der Waals surface area contributed by atoms with Crippen molar-refractivity contribution in [3.8, 4) is 32.7 Å². The molecule has 0 aliphatic carbocycles. The topological polar surface area (TPSA) is 54.5 Å². The standard InChI is InChI=1S/C21H14N4S/c1-2-8-15-14(6-1)7-5-9-16(15)18-19(17-10-3-4-11-22-17)26-21(25-18)20-23-12-13-24-20/h1-13H,(H,23,24). The number of H-pyrrole nitrogens is 1. The molecule has 5 heteroatoms. The molecule has 4 nitrogen and oxygen atoms in total. The Morgan fingerprint density at radius 2 is 1.69 bits per heavy atom. The van der Waals surface area contributed by atoms with E-state index >= 15 is 0 Å². The maximum atomic E-state index is 4.93. The summed E-state index contributed by atoms with van der Waals surface area (Å²) >= 11 is 1.61. The first kappa shape index (κ1) is 15.0. The van der Waals surface area contributed by atoms with Crippen LogP contribution in [0.15, 0.2) is 79.3 Å². The molecule has 5 rings (SSSR count). The van der Waals surface area contributed by atoms with Gasteiger partial charge in [-0.3, -0.25) is 4.98 Å². The molecule has 0 atom stereocenters. The van der Waals surface area contributed by atoms with E-state index in [1.807, 2.05) is 30.6 Å². The van der Waals surface area contributed by atoms with Gasteiger partial charge in [-0.05, 0) is 22.9 Å². The molecule has 3 heterocycles. The number of benzene rings is 2. The van der Waals surface area contributed by atoms with Gasteiger partial charge in [0.1, 0.15) is 0 Å². The molecule has 0 amide bonds. The molecular weight excluding hydrogens is 340 g/mol. The lowest BCUT2D eigenvalue weighted by Gasteiger charge is -2.06. The van der Waals surface area contributed by atoms with Crippen molar-refractivity contribution in [3.63, 3.8) is 0 Å². The fraction of sp³-hybridized carbons (Fsp3) is 0. The SMILES string of the molecule is c1ccc(-c2sc(-c3ncc[nH]3)nc2-c2cccc3ccccc23)nc1. The first-order valence-corrected chi connectivity index (χ1v) is 9.12. The second-order valence-electron chi connectivity index (χ2n) is 5.88. The quantitative estimate of drug-likeness (QED) is 0.471. The number of hydrogen-bond acceptors (Lipinski definition) is 4. The van der Waals surface area contributed by atoms with Crippen molar-refractivity contribution in [2.75, 3.05) is 0 Å². The maximum Gasteiger partial charge on any atom is 0.166 e. The molecule has 0 fully saturated rings. The van der Waals surface area contributed by atoms with E-state index in [2.05, 4.69) is 57.4 Å². The Kier molecular flexibility index (Phi) is 3.57. The predicted molar refractivity (Wildman–Crippen MR) is 106 cm³/mol. The Hall–Kier alpha value is -3.31. The van der Waals surface area contributed by atoms with Crippen molar-refractivity contribution in [1.29, 1.82) is 0 Å². The van der Waals surface area contributed by atoms with Crippen LogP contribution >= 0.6 is 11.3 Å². The molecule has 0 radical (unpaired) electrons. The zero-order valence-corrected chi connectivity index (χ0v) is 14.6. The number of nitrogens with one attached hydrogen (secondary N) is 1. The fourth-order valence-electron chi connectivity index (χ4n) is 3.09. The van der Waals surface area contributed by atoms with Crippen LogP contribution in [-0.4, -0.2) is 19.9 Å². The van der Waals surface area contributed by atoms with Gasteiger partial charge in [-0.2, -0.15) is 0 Å². The first-order chi connectivity index (χ1) is 12.9. The van der Waals surface area contributed by atoms with Gasteiger partial charge in [0.05, 0.1) is 16.3 Å². The average Bonchev–Trinajstić information content (AvgIpc) is 3.38. The van der Waals surface area contributed by atoms with Crippen LogP contribution in [0.3, 0.4) is 0 Å².